The van der Waals surface area contributed by atoms with Gasteiger partial charge in [-0.1, -0.05) is 35.9 Å². The summed E-state index contributed by atoms with van der Waals surface area (Å²) in [6.07, 6.45) is 0.848. The van der Waals surface area contributed by atoms with Crippen molar-refractivity contribution in [3.05, 3.63) is 70.5 Å². The fourth-order valence-corrected chi connectivity index (χ4v) is 2.42. The summed E-state index contributed by atoms with van der Waals surface area (Å²) in [6, 6.07) is 13.1. The second-order valence-electron chi connectivity index (χ2n) is 5.12. The van der Waals surface area contributed by atoms with Crippen molar-refractivity contribution in [2.45, 2.75) is 26.2 Å². The Kier molecular flexibility index (Phi) is 4.33. The highest BCUT2D eigenvalue weighted by molar-refractivity contribution is 5.35. The number of aryl methyl sites for hydroxylation is 2. The second kappa shape index (κ2) is 5.98. The van der Waals surface area contributed by atoms with Gasteiger partial charge < -0.3 is 5.73 Å². The van der Waals surface area contributed by atoms with E-state index in [-0.39, 0.29) is 11.7 Å². The molecule has 0 spiro atoms. The van der Waals surface area contributed by atoms with Gasteiger partial charge in [0, 0.05) is 5.92 Å². The summed E-state index contributed by atoms with van der Waals surface area (Å²) in [6.45, 7) is 4.80. The first-order chi connectivity index (χ1) is 9.10. The largest absolute Gasteiger partial charge is 0.330 e. The quantitative estimate of drug-likeness (QED) is 0.887. The first-order valence-corrected chi connectivity index (χ1v) is 6.62. The van der Waals surface area contributed by atoms with Crippen molar-refractivity contribution in [2.75, 3.05) is 6.54 Å². The van der Waals surface area contributed by atoms with Crippen LogP contribution in [0.25, 0.3) is 0 Å². The summed E-state index contributed by atoms with van der Waals surface area (Å²) in [5, 5.41) is 0. The molecule has 1 atom stereocenters. The minimum atomic E-state index is -0.195. The molecule has 0 amide bonds. The van der Waals surface area contributed by atoms with Gasteiger partial charge in [-0.05, 0) is 55.6 Å². The van der Waals surface area contributed by atoms with Crippen LogP contribution in [-0.2, 0) is 6.42 Å². The number of halogens is 1. The fraction of sp³-hybridized carbons (Fsp3) is 0.294. The van der Waals surface area contributed by atoms with Crippen molar-refractivity contribution in [1.82, 2.24) is 0 Å². The Morgan fingerprint density at radius 3 is 2.37 bits per heavy atom. The van der Waals surface area contributed by atoms with Gasteiger partial charge in [0.25, 0.3) is 0 Å². The average molecular weight is 257 g/mol. The summed E-state index contributed by atoms with van der Waals surface area (Å²) >= 11 is 0. The Labute approximate surface area is 114 Å². The molecular weight excluding hydrogens is 237 g/mol. The number of benzene rings is 2. The van der Waals surface area contributed by atoms with Crippen LogP contribution in [0.2, 0.25) is 0 Å². The van der Waals surface area contributed by atoms with Crippen molar-refractivity contribution >= 4 is 0 Å². The molecule has 100 valence electrons. The van der Waals surface area contributed by atoms with E-state index in [4.69, 9.17) is 5.73 Å². The van der Waals surface area contributed by atoms with Crippen LogP contribution in [-0.4, -0.2) is 6.54 Å². The van der Waals surface area contributed by atoms with Gasteiger partial charge in [0.05, 0.1) is 0 Å². The van der Waals surface area contributed by atoms with Gasteiger partial charge in [0.1, 0.15) is 5.82 Å². The molecule has 1 unspecified atom stereocenters. The summed E-state index contributed by atoms with van der Waals surface area (Å²) < 4.78 is 12.9. The Hall–Kier alpha value is -1.67. The number of hydrogen-bond acceptors (Lipinski definition) is 1. The lowest BCUT2D eigenvalue weighted by molar-refractivity contribution is 0.625. The van der Waals surface area contributed by atoms with Gasteiger partial charge in [-0.2, -0.15) is 0 Å². The smallest absolute Gasteiger partial charge is 0.123 e. The van der Waals surface area contributed by atoms with E-state index in [1.165, 1.54) is 28.8 Å². The van der Waals surface area contributed by atoms with E-state index in [9.17, 15) is 4.39 Å². The zero-order valence-corrected chi connectivity index (χ0v) is 11.5. The monoisotopic (exact) mass is 257 g/mol. The predicted octanol–water partition coefficient (Wildman–Crippen LogP) is 3.73. The lowest BCUT2D eigenvalue weighted by Crippen LogP contribution is -2.16. The van der Waals surface area contributed by atoms with Gasteiger partial charge in [-0.3, -0.25) is 0 Å². The molecule has 2 aromatic rings. The third-order valence-corrected chi connectivity index (χ3v) is 3.55. The van der Waals surface area contributed by atoms with Crippen molar-refractivity contribution in [3.8, 4) is 0 Å². The summed E-state index contributed by atoms with van der Waals surface area (Å²) in [4.78, 5) is 0. The molecule has 2 heteroatoms. The van der Waals surface area contributed by atoms with E-state index in [2.05, 4.69) is 32.0 Å². The van der Waals surface area contributed by atoms with Gasteiger partial charge >= 0.3 is 0 Å². The first-order valence-electron chi connectivity index (χ1n) is 6.62. The van der Waals surface area contributed by atoms with Crippen LogP contribution in [0.4, 0.5) is 4.39 Å². The molecule has 0 aromatic heterocycles. The highest BCUT2D eigenvalue weighted by Crippen LogP contribution is 2.24. The average Bonchev–Trinajstić information content (AvgIpc) is 2.41. The third-order valence-electron chi connectivity index (χ3n) is 3.55. The molecule has 0 aliphatic carbocycles. The van der Waals surface area contributed by atoms with Gasteiger partial charge in [0.15, 0.2) is 0 Å². The Morgan fingerprint density at radius 2 is 1.74 bits per heavy atom. The van der Waals surface area contributed by atoms with Crippen molar-refractivity contribution < 1.29 is 4.39 Å². The van der Waals surface area contributed by atoms with Crippen LogP contribution in [0.15, 0.2) is 42.5 Å². The molecule has 0 bridgehead atoms. The fourth-order valence-electron chi connectivity index (χ4n) is 2.42. The van der Waals surface area contributed by atoms with Crippen LogP contribution in [0.1, 0.15) is 28.2 Å². The topological polar surface area (TPSA) is 26.0 Å². The maximum atomic E-state index is 12.9. The van der Waals surface area contributed by atoms with Crippen LogP contribution < -0.4 is 5.73 Å². The highest BCUT2D eigenvalue weighted by atomic mass is 19.1. The lowest BCUT2D eigenvalue weighted by Gasteiger charge is -2.18. The van der Waals surface area contributed by atoms with E-state index in [1.54, 1.807) is 0 Å². The molecule has 0 heterocycles. The zero-order chi connectivity index (χ0) is 13.8. The van der Waals surface area contributed by atoms with Gasteiger partial charge in [-0.25, -0.2) is 4.39 Å². The van der Waals surface area contributed by atoms with Gasteiger partial charge in [0.2, 0.25) is 0 Å². The highest BCUT2D eigenvalue weighted by Gasteiger charge is 2.13. The molecule has 1 nitrogen and oxygen atoms in total. The second-order valence-corrected chi connectivity index (χ2v) is 5.12. The van der Waals surface area contributed by atoms with E-state index in [1.807, 2.05) is 12.1 Å². The SMILES string of the molecule is Cc1ccc(C)c(C(CN)Cc2ccc(F)cc2)c1. The van der Waals surface area contributed by atoms with Gasteiger partial charge in [-0.15, -0.1) is 0 Å². The first kappa shape index (κ1) is 13.8. The standard InChI is InChI=1S/C17H20FN/c1-12-3-4-13(2)17(9-12)15(11-19)10-14-5-7-16(18)8-6-14/h3-9,15H,10-11,19H2,1-2H3. The molecule has 2 rings (SSSR count). The number of nitrogens with two attached hydrogens (primary N) is 1. The molecule has 0 aliphatic rings. The molecule has 2 aromatic carbocycles. The molecule has 2 N–H and O–H groups in total. The van der Waals surface area contributed by atoms with Crippen LogP contribution in [0.3, 0.4) is 0 Å². The normalized spacial score (nSPS) is 12.4. The number of hydrogen-bond donors (Lipinski definition) is 1. The van der Waals surface area contributed by atoms with Crippen LogP contribution in [0, 0.1) is 19.7 Å². The third kappa shape index (κ3) is 3.42. The molecule has 0 saturated carbocycles. The van der Waals surface area contributed by atoms with E-state index >= 15 is 0 Å². The number of rotatable bonds is 4. The van der Waals surface area contributed by atoms with E-state index in [0.29, 0.717) is 6.54 Å². The lowest BCUT2D eigenvalue weighted by atomic mass is 9.88. The molecule has 0 aliphatic heterocycles. The molecular formula is C17H20FN. The Bertz CT molecular complexity index is 546. The molecule has 0 saturated heterocycles. The summed E-state index contributed by atoms with van der Waals surface area (Å²) in [5.41, 5.74) is 10.9. The minimum absolute atomic E-state index is 0.195. The molecule has 0 radical (unpaired) electrons. The van der Waals surface area contributed by atoms with E-state index in [0.717, 1.165) is 12.0 Å². The molecule has 0 fully saturated rings. The minimum Gasteiger partial charge on any atom is -0.330 e. The maximum Gasteiger partial charge on any atom is 0.123 e. The maximum absolute atomic E-state index is 12.9. The van der Waals surface area contributed by atoms with Crippen LogP contribution in [0.5, 0.6) is 0 Å². The van der Waals surface area contributed by atoms with Crippen molar-refractivity contribution in [1.29, 1.82) is 0 Å². The predicted molar refractivity (Wildman–Crippen MR) is 77.8 cm³/mol. The Morgan fingerprint density at radius 1 is 1.05 bits per heavy atom. The molecule has 19 heavy (non-hydrogen) atoms. The van der Waals surface area contributed by atoms with Crippen LogP contribution >= 0.6 is 0 Å². The van der Waals surface area contributed by atoms with Crippen molar-refractivity contribution in [2.24, 2.45) is 5.73 Å². The zero-order valence-electron chi connectivity index (χ0n) is 11.5. The summed E-state index contributed by atoms with van der Waals surface area (Å²) in [7, 11) is 0. The van der Waals surface area contributed by atoms with Crippen molar-refractivity contribution in [3.63, 3.8) is 0 Å². The Balaban J connectivity index is 2.24. The van der Waals surface area contributed by atoms with E-state index < -0.39 is 0 Å². The summed E-state index contributed by atoms with van der Waals surface area (Å²) in [5.74, 6) is 0.0881.